The van der Waals surface area contributed by atoms with Gasteiger partial charge in [-0.2, -0.15) is 0 Å². The molecule has 0 N–H and O–H groups in total. The van der Waals surface area contributed by atoms with Gasteiger partial charge in [0, 0.05) is 31.4 Å². The highest BCUT2D eigenvalue weighted by Gasteiger charge is 2.35. The highest BCUT2D eigenvalue weighted by atomic mass is 16.2. The summed E-state index contributed by atoms with van der Waals surface area (Å²) in [5.74, 6) is 0.565. The first-order valence-corrected chi connectivity index (χ1v) is 7.62. The summed E-state index contributed by atoms with van der Waals surface area (Å²) in [6, 6.07) is 5.38. The van der Waals surface area contributed by atoms with Crippen molar-refractivity contribution in [1.29, 1.82) is 0 Å². The van der Waals surface area contributed by atoms with Crippen molar-refractivity contribution in [2.24, 2.45) is 5.92 Å². The Balaban J connectivity index is 2.04. The number of likely N-dealkylation sites (tertiary alicyclic amines) is 1. The number of rotatable bonds is 5. The summed E-state index contributed by atoms with van der Waals surface area (Å²) in [4.78, 5) is 28.2. The fraction of sp³-hybridized carbons (Fsp3) is 0.625. The summed E-state index contributed by atoms with van der Waals surface area (Å²) in [5, 5.41) is 0. The Morgan fingerprint density at radius 2 is 2.10 bits per heavy atom. The van der Waals surface area contributed by atoms with Gasteiger partial charge < -0.3 is 14.4 Å². The normalized spacial score (nSPS) is 22.0. The lowest BCUT2D eigenvalue weighted by atomic mass is 9.98. The van der Waals surface area contributed by atoms with Crippen LogP contribution in [0.15, 0.2) is 29.2 Å². The van der Waals surface area contributed by atoms with Crippen LogP contribution in [-0.2, 0) is 11.3 Å². The Hall–Kier alpha value is -1.62. The van der Waals surface area contributed by atoms with Crippen LogP contribution in [0.5, 0.6) is 0 Å². The van der Waals surface area contributed by atoms with Crippen molar-refractivity contribution in [2.45, 2.75) is 32.4 Å². The van der Waals surface area contributed by atoms with Crippen LogP contribution in [0, 0.1) is 5.92 Å². The highest BCUT2D eigenvalue weighted by molar-refractivity contribution is 5.76. The molecule has 1 fully saturated rings. The van der Waals surface area contributed by atoms with E-state index in [0.717, 1.165) is 25.9 Å². The van der Waals surface area contributed by atoms with Gasteiger partial charge in [-0.1, -0.05) is 19.4 Å². The number of carbonyl (C=O) groups is 1. The van der Waals surface area contributed by atoms with Crippen LogP contribution in [0.25, 0.3) is 0 Å². The van der Waals surface area contributed by atoms with E-state index in [1.165, 1.54) is 10.6 Å². The molecule has 2 heterocycles. The molecular formula is C16H25N3O2. The molecule has 21 heavy (non-hydrogen) atoms. The first-order chi connectivity index (χ1) is 10.0. The fourth-order valence-electron chi connectivity index (χ4n) is 3.13. The van der Waals surface area contributed by atoms with E-state index in [2.05, 4.69) is 25.9 Å². The van der Waals surface area contributed by atoms with Gasteiger partial charge in [-0.25, -0.2) is 0 Å². The predicted molar refractivity (Wildman–Crippen MR) is 83.2 cm³/mol. The SMILES string of the molecule is CCC[C@@H]1CN(C(=O)Cn2ccccc2=O)C[C@H]1N(C)C. The Morgan fingerprint density at radius 3 is 2.71 bits per heavy atom. The van der Waals surface area contributed by atoms with Crippen LogP contribution >= 0.6 is 0 Å². The zero-order chi connectivity index (χ0) is 15.4. The van der Waals surface area contributed by atoms with E-state index < -0.39 is 0 Å². The van der Waals surface area contributed by atoms with Gasteiger partial charge in [0.2, 0.25) is 5.91 Å². The monoisotopic (exact) mass is 291 g/mol. The molecule has 0 bridgehead atoms. The molecule has 1 aromatic rings. The number of likely N-dealkylation sites (N-methyl/N-ethyl adjacent to an activating group) is 1. The molecule has 1 amide bonds. The zero-order valence-electron chi connectivity index (χ0n) is 13.2. The minimum Gasteiger partial charge on any atom is -0.339 e. The van der Waals surface area contributed by atoms with Gasteiger partial charge >= 0.3 is 0 Å². The molecule has 0 radical (unpaired) electrons. The Morgan fingerprint density at radius 1 is 1.33 bits per heavy atom. The van der Waals surface area contributed by atoms with E-state index >= 15 is 0 Å². The Bertz CT molecular complexity index is 538. The molecule has 2 atom stereocenters. The van der Waals surface area contributed by atoms with Gasteiger partial charge in [0.15, 0.2) is 0 Å². The molecule has 116 valence electrons. The molecule has 0 spiro atoms. The van der Waals surface area contributed by atoms with E-state index in [0.29, 0.717) is 12.0 Å². The van der Waals surface area contributed by atoms with Gasteiger partial charge in [0.05, 0.1) is 0 Å². The standard InChI is InChI=1S/C16H25N3O2/c1-4-7-13-10-19(11-14(13)17(2)3)16(21)12-18-9-6-5-8-15(18)20/h5-6,8-9,13-14H,4,7,10-12H2,1-3H3/t13-,14-/m1/s1. The van der Waals surface area contributed by atoms with Crippen molar-refractivity contribution in [3.05, 3.63) is 34.7 Å². The van der Waals surface area contributed by atoms with Crippen LogP contribution in [0.3, 0.4) is 0 Å². The maximum Gasteiger partial charge on any atom is 0.250 e. The maximum atomic E-state index is 12.4. The van der Waals surface area contributed by atoms with Gasteiger partial charge in [0.25, 0.3) is 5.56 Å². The lowest BCUT2D eigenvalue weighted by Crippen LogP contribution is -2.38. The lowest BCUT2D eigenvalue weighted by Gasteiger charge is -2.24. The van der Waals surface area contributed by atoms with E-state index in [1.54, 1.807) is 18.3 Å². The van der Waals surface area contributed by atoms with Crippen molar-refractivity contribution in [3.8, 4) is 0 Å². The van der Waals surface area contributed by atoms with Crippen molar-refractivity contribution < 1.29 is 4.79 Å². The number of hydrogen-bond donors (Lipinski definition) is 0. The molecule has 5 nitrogen and oxygen atoms in total. The van der Waals surface area contributed by atoms with Gasteiger partial charge in [-0.15, -0.1) is 0 Å². The average Bonchev–Trinajstić information content (AvgIpc) is 2.86. The summed E-state index contributed by atoms with van der Waals surface area (Å²) in [6.45, 7) is 3.88. The third kappa shape index (κ3) is 3.73. The molecule has 1 aliphatic heterocycles. The maximum absolute atomic E-state index is 12.4. The van der Waals surface area contributed by atoms with E-state index in [9.17, 15) is 9.59 Å². The van der Waals surface area contributed by atoms with E-state index in [1.807, 2.05) is 4.90 Å². The Labute approximate surface area is 126 Å². The van der Waals surface area contributed by atoms with Gasteiger partial charge in [-0.05, 0) is 32.5 Å². The van der Waals surface area contributed by atoms with Crippen molar-refractivity contribution >= 4 is 5.91 Å². The fourth-order valence-corrected chi connectivity index (χ4v) is 3.13. The number of aromatic nitrogens is 1. The summed E-state index contributed by atoms with van der Waals surface area (Å²) in [5.41, 5.74) is -0.126. The quantitative estimate of drug-likeness (QED) is 0.814. The van der Waals surface area contributed by atoms with Crippen LogP contribution < -0.4 is 5.56 Å². The first kappa shape index (κ1) is 15.8. The van der Waals surface area contributed by atoms with E-state index in [4.69, 9.17) is 0 Å². The number of carbonyl (C=O) groups excluding carboxylic acids is 1. The first-order valence-electron chi connectivity index (χ1n) is 7.62. The summed E-state index contributed by atoms with van der Waals surface area (Å²) >= 11 is 0. The minimum atomic E-state index is -0.126. The second-order valence-electron chi connectivity index (χ2n) is 6.05. The third-order valence-corrected chi connectivity index (χ3v) is 4.29. The van der Waals surface area contributed by atoms with Gasteiger partial charge in [-0.3, -0.25) is 9.59 Å². The van der Waals surface area contributed by atoms with Crippen LogP contribution in [0.4, 0.5) is 0 Å². The molecule has 2 rings (SSSR count). The number of hydrogen-bond acceptors (Lipinski definition) is 3. The molecular weight excluding hydrogens is 266 g/mol. The molecule has 1 saturated heterocycles. The van der Waals surface area contributed by atoms with Crippen molar-refractivity contribution in [3.63, 3.8) is 0 Å². The third-order valence-electron chi connectivity index (χ3n) is 4.29. The topological polar surface area (TPSA) is 45.6 Å². The number of nitrogens with zero attached hydrogens (tertiary/aromatic N) is 3. The lowest BCUT2D eigenvalue weighted by molar-refractivity contribution is -0.131. The molecule has 5 heteroatoms. The smallest absolute Gasteiger partial charge is 0.250 e. The summed E-state index contributed by atoms with van der Waals surface area (Å²) in [6.07, 6.45) is 3.94. The highest BCUT2D eigenvalue weighted by Crippen LogP contribution is 2.24. The molecule has 1 aliphatic rings. The van der Waals surface area contributed by atoms with Crippen LogP contribution in [0.2, 0.25) is 0 Å². The zero-order valence-corrected chi connectivity index (χ0v) is 13.2. The van der Waals surface area contributed by atoms with Gasteiger partial charge in [0.1, 0.15) is 6.54 Å². The average molecular weight is 291 g/mol. The number of amides is 1. The number of pyridine rings is 1. The second kappa shape index (κ2) is 6.89. The van der Waals surface area contributed by atoms with Crippen molar-refractivity contribution in [1.82, 2.24) is 14.4 Å². The molecule has 0 aromatic carbocycles. The predicted octanol–water partition coefficient (Wildman–Crippen LogP) is 1.04. The van der Waals surface area contributed by atoms with Crippen LogP contribution in [0.1, 0.15) is 19.8 Å². The molecule has 0 saturated carbocycles. The summed E-state index contributed by atoms with van der Waals surface area (Å²) < 4.78 is 1.47. The molecule has 0 unspecified atom stereocenters. The van der Waals surface area contributed by atoms with Crippen molar-refractivity contribution in [2.75, 3.05) is 27.2 Å². The Kier molecular flexibility index (Phi) is 5.17. The minimum absolute atomic E-state index is 0.0359. The van der Waals surface area contributed by atoms with E-state index in [-0.39, 0.29) is 18.0 Å². The molecule has 1 aromatic heterocycles. The largest absolute Gasteiger partial charge is 0.339 e. The second-order valence-corrected chi connectivity index (χ2v) is 6.05. The van der Waals surface area contributed by atoms with Crippen LogP contribution in [-0.4, -0.2) is 53.5 Å². The molecule has 0 aliphatic carbocycles. The summed E-state index contributed by atoms with van der Waals surface area (Å²) in [7, 11) is 4.14.